The highest BCUT2D eigenvalue weighted by Crippen LogP contribution is 2.36. The lowest BCUT2D eigenvalue weighted by Gasteiger charge is -2.03. The Morgan fingerprint density at radius 1 is 1.47 bits per heavy atom. The van der Waals surface area contributed by atoms with Crippen LogP contribution in [0.3, 0.4) is 0 Å². The minimum Gasteiger partial charge on any atom is -0.454 e. The average molecular weight is 247 g/mol. The van der Waals surface area contributed by atoms with Crippen molar-refractivity contribution in [2.24, 2.45) is 5.73 Å². The molecular weight excluding hydrogens is 236 g/mol. The van der Waals surface area contributed by atoms with Crippen molar-refractivity contribution in [2.45, 2.75) is 5.75 Å². The van der Waals surface area contributed by atoms with Gasteiger partial charge in [0.1, 0.15) is 0 Å². The summed E-state index contributed by atoms with van der Waals surface area (Å²) in [6, 6.07) is 5.72. The summed E-state index contributed by atoms with van der Waals surface area (Å²) in [5.41, 5.74) is 6.27. The van der Waals surface area contributed by atoms with Crippen molar-refractivity contribution < 1.29 is 9.47 Å². The number of nitrogens with two attached hydrogens (primary N) is 1. The van der Waals surface area contributed by atoms with Crippen LogP contribution < -0.4 is 15.2 Å². The summed E-state index contributed by atoms with van der Waals surface area (Å²) in [6.45, 7) is 0.275. The molecule has 0 saturated heterocycles. The van der Waals surface area contributed by atoms with Gasteiger partial charge in [0.25, 0.3) is 0 Å². The van der Waals surface area contributed by atoms with E-state index in [1.807, 2.05) is 18.2 Å². The second kappa shape index (κ2) is 5.14. The Morgan fingerprint density at radius 2 is 2.27 bits per heavy atom. The molecule has 3 N–H and O–H groups in total. The molecule has 0 aromatic heterocycles. The maximum absolute atomic E-state index is 7.11. The lowest BCUT2D eigenvalue weighted by Crippen LogP contribution is -2.04. The Kier molecular flexibility index (Phi) is 4.11. The molecule has 0 bridgehead atoms. The fourth-order valence-electron chi connectivity index (χ4n) is 1.26. The van der Waals surface area contributed by atoms with Crippen LogP contribution in [0.4, 0.5) is 0 Å². The lowest BCUT2D eigenvalue weighted by atomic mass is 10.2. The number of benzene rings is 1. The molecule has 0 radical (unpaired) electrons. The monoisotopic (exact) mass is 246 g/mol. The topological polar surface area (TPSA) is 68.3 Å². The summed E-state index contributed by atoms with van der Waals surface area (Å²) in [7, 11) is 0. The normalized spacial score (nSPS) is 12.0. The minimum atomic E-state index is 0. The van der Waals surface area contributed by atoms with E-state index in [0.717, 1.165) is 17.1 Å². The molecule has 0 atom stereocenters. The molecule has 0 spiro atoms. The van der Waals surface area contributed by atoms with Crippen molar-refractivity contribution >= 4 is 29.3 Å². The molecule has 1 heterocycles. The first kappa shape index (κ1) is 12.0. The summed E-state index contributed by atoms with van der Waals surface area (Å²) in [4.78, 5) is 0. The van der Waals surface area contributed by atoms with Gasteiger partial charge in [-0.15, -0.1) is 12.4 Å². The molecule has 0 fully saturated rings. The number of ether oxygens (including phenoxy) is 2. The van der Waals surface area contributed by atoms with Gasteiger partial charge in [-0.25, -0.2) is 0 Å². The molecule has 0 amide bonds. The molecule has 1 aromatic carbocycles. The van der Waals surface area contributed by atoms with Crippen molar-refractivity contribution in [3.8, 4) is 11.5 Å². The van der Waals surface area contributed by atoms with Gasteiger partial charge in [-0.1, -0.05) is 23.9 Å². The van der Waals surface area contributed by atoms with E-state index in [4.69, 9.17) is 20.6 Å². The summed E-state index contributed by atoms with van der Waals surface area (Å²) < 4.78 is 10.5. The van der Waals surface area contributed by atoms with E-state index in [1.54, 1.807) is 0 Å². The number of hydrogen-bond acceptors (Lipinski definition) is 4. The molecule has 1 aromatic rings. The highest BCUT2D eigenvalue weighted by molar-refractivity contribution is 8.13. The van der Waals surface area contributed by atoms with Crippen LogP contribution >= 0.6 is 24.2 Å². The number of thioether (sulfide) groups is 1. The van der Waals surface area contributed by atoms with E-state index in [1.165, 1.54) is 11.8 Å². The first-order valence-electron chi connectivity index (χ1n) is 4.11. The van der Waals surface area contributed by atoms with Crippen molar-refractivity contribution in [2.75, 3.05) is 6.79 Å². The Hall–Kier alpha value is -1.07. The second-order valence-corrected chi connectivity index (χ2v) is 3.82. The second-order valence-electron chi connectivity index (χ2n) is 2.80. The van der Waals surface area contributed by atoms with E-state index >= 15 is 0 Å². The fourth-order valence-corrected chi connectivity index (χ4v) is 1.80. The number of nitrogens with one attached hydrogen (secondary N) is 1. The Bertz CT molecular complexity index is 373. The molecule has 0 aliphatic carbocycles. The minimum absolute atomic E-state index is 0. The van der Waals surface area contributed by atoms with Gasteiger partial charge in [0.15, 0.2) is 16.7 Å². The van der Waals surface area contributed by atoms with Crippen LogP contribution in [-0.2, 0) is 5.75 Å². The molecule has 0 saturated carbocycles. The Labute approximate surface area is 98.0 Å². The van der Waals surface area contributed by atoms with Gasteiger partial charge in [-0.3, -0.25) is 5.41 Å². The van der Waals surface area contributed by atoms with Gasteiger partial charge in [-0.05, 0) is 6.07 Å². The van der Waals surface area contributed by atoms with Crippen LogP contribution in [0.15, 0.2) is 18.2 Å². The first-order chi connectivity index (χ1) is 6.77. The maximum Gasteiger partial charge on any atom is 0.231 e. The van der Waals surface area contributed by atoms with Gasteiger partial charge < -0.3 is 15.2 Å². The third kappa shape index (κ3) is 2.70. The van der Waals surface area contributed by atoms with Gasteiger partial charge in [0.05, 0.1) is 0 Å². The molecule has 0 unspecified atom stereocenters. The van der Waals surface area contributed by atoms with Crippen LogP contribution in [0, 0.1) is 5.41 Å². The zero-order valence-electron chi connectivity index (χ0n) is 7.86. The van der Waals surface area contributed by atoms with Gasteiger partial charge >= 0.3 is 0 Å². The zero-order chi connectivity index (χ0) is 9.97. The molecule has 82 valence electrons. The number of amidine groups is 1. The van der Waals surface area contributed by atoms with Gasteiger partial charge in [0.2, 0.25) is 6.79 Å². The predicted octanol–water partition coefficient (Wildman–Crippen LogP) is 1.96. The largest absolute Gasteiger partial charge is 0.454 e. The van der Waals surface area contributed by atoms with Crippen molar-refractivity contribution in [3.05, 3.63) is 23.8 Å². The SMILES string of the molecule is Cl.N=C(N)SCc1cccc2c1OCO2. The van der Waals surface area contributed by atoms with Gasteiger partial charge in [0, 0.05) is 11.3 Å². The van der Waals surface area contributed by atoms with Crippen LogP contribution in [0.25, 0.3) is 0 Å². The van der Waals surface area contributed by atoms with Crippen LogP contribution in [0.5, 0.6) is 11.5 Å². The Balaban J connectivity index is 0.00000112. The zero-order valence-corrected chi connectivity index (χ0v) is 9.49. The third-order valence-corrected chi connectivity index (χ3v) is 2.63. The van der Waals surface area contributed by atoms with E-state index in [9.17, 15) is 0 Å². The quantitative estimate of drug-likeness (QED) is 0.618. The predicted molar refractivity (Wildman–Crippen MR) is 63.0 cm³/mol. The number of hydrogen-bond donors (Lipinski definition) is 2. The third-order valence-electron chi connectivity index (χ3n) is 1.86. The molecule has 1 aliphatic rings. The van der Waals surface area contributed by atoms with Crippen LogP contribution in [0.1, 0.15) is 5.56 Å². The van der Waals surface area contributed by atoms with E-state index < -0.39 is 0 Å². The first-order valence-corrected chi connectivity index (χ1v) is 5.10. The van der Waals surface area contributed by atoms with E-state index in [2.05, 4.69) is 0 Å². The summed E-state index contributed by atoms with van der Waals surface area (Å²) in [5.74, 6) is 2.19. The highest BCUT2D eigenvalue weighted by atomic mass is 35.5. The molecule has 4 nitrogen and oxygen atoms in total. The number of rotatable bonds is 2. The highest BCUT2D eigenvalue weighted by Gasteiger charge is 2.16. The standard InChI is InChI=1S/C9H10N2O2S.ClH/c10-9(11)14-4-6-2-1-3-7-8(6)13-5-12-7;/h1-3H,4-5H2,(H3,10,11);1H. The Morgan fingerprint density at radius 3 is 3.00 bits per heavy atom. The smallest absolute Gasteiger partial charge is 0.231 e. The maximum atomic E-state index is 7.11. The number of para-hydroxylation sites is 1. The van der Waals surface area contributed by atoms with Gasteiger partial charge in [-0.2, -0.15) is 0 Å². The summed E-state index contributed by atoms with van der Waals surface area (Å²) >= 11 is 1.28. The van der Waals surface area contributed by atoms with E-state index in [-0.39, 0.29) is 24.4 Å². The molecule has 1 aliphatic heterocycles. The lowest BCUT2D eigenvalue weighted by molar-refractivity contribution is 0.173. The summed E-state index contributed by atoms with van der Waals surface area (Å²) in [6.07, 6.45) is 0. The van der Waals surface area contributed by atoms with E-state index in [0.29, 0.717) is 5.75 Å². The average Bonchev–Trinajstić information content (AvgIpc) is 2.62. The molecule has 15 heavy (non-hydrogen) atoms. The summed E-state index contributed by atoms with van der Waals surface area (Å²) in [5, 5.41) is 7.22. The van der Waals surface area contributed by atoms with Crippen LogP contribution in [0.2, 0.25) is 0 Å². The van der Waals surface area contributed by atoms with Crippen molar-refractivity contribution in [3.63, 3.8) is 0 Å². The fraction of sp³-hybridized carbons (Fsp3) is 0.222. The number of halogens is 1. The van der Waals surface area contributed by atoms with Crippen LogP contribution in [-0.4, -0.2) is 12.0 Å². The molecule has 6 heteroatoms. The van der Waals surface area contributed by atoms with Crippen molar-refractivity contribution in [1.82, 2.24) is 0 Å². The molecular formula is C9H11ClN2O2S. The van der Waals surface area contributed by atoms with Crippen molar-refractivity contribution in [1.29, 1.82) is 5.41 Å². The number of fused-ring (bicyclic) bond motifs is 1. The molecule has 2 rings (SSSR count).